The maximum atomic E-state index is 2.41. The van der Waals surface area contributed by atoms with Crippen LogP contribution < -0.4 is 4.90 Å². The molecule has 0 aliphatic heterocycles. The van der Waals surface area contributed by atoms with Crippen molar-refractivity contribution in [3.8, 4) is 77.9 Å². The number of hydrogen-bond donors (Lipinski definition) is 0. The average molecular weight is 878 g/mol. The molecule has 0 amide bonds. The largest absolute Gasteiger partial charge is 0.310 e. The van der Waals surface area contributed by atoms with Gasteiger partial charge in [-0.1, -0.05) is 249 Å². The minimum Gasteiger partial charge on any atom is -0.310 e. The lowest BCUT2D eigenvalue weighted by Crippen LogP contribution is -2.11. The molecule has 0 heterocycles. The van der Waals surface area contributed by atoms with Crippen molar-refractivity contribution in [2.75, 3.05) is 4.90 Å². The van der Waals surface area contributed by atoms with Gasteiger partial charge in [0.1, 0.15) is 0 Å². The fourth-order valence-corrected chi connectivity index (χ4v) is 10.3. The predicted octanol–water partition coefficient (Wildman–Crippen LogP) is 19.1. The van der Waals surface area contributed by atoms with Crippen LogP contribution in [-0.4, -0.2) is 0 Å². The Labute approximate surface area is 404 Å². The smallest absolute Gasteiger partial charge is 0.0540 e. The van der Waals surface area contributed by atoms with Crippen LogP contribution in [0.25, 0.3) is 99.4 Å². The molecule has 12 aromatic rings. The van der Waals surface area contributed by atoms with Crippen LogP contribution in [0, 0.1) is 0 Å². The SMILES string of the molecule is c1ccc(-c2ccc(-c3ccc(N(c4ccc(-c5cccc6c(-c7ccccc7)c(-c7ccccc7)c7ccccc7c56)cc4)c4ccccc4-c4ccccc4)cc3)c(-c3ccccc3)c2)cc1. The molecule has 69 heavy (non-hydrogen) atoms. The van der Waals surface area contributed by atoms with Gasteiger partial charge in [-0.15, -0.1) is 0 Å². The van der Waals surface area contributed by atoms with E-state index < -0.39 is 0 Å². The van der Waals surface area contributed by atoms with Gasteiger partial charge in [0.25, 0.3) is 0 Å². The first-order valence-corrected chi connectivity index (χ1v) is 23.8. The summed E-state index contributed by atoms with van der Waals surface area (Å²) in [5, 5.41) is 4.99. The Morgan fingerprint density at radius 2 is 0.594 bits per heavy atom. The van der Waals surface area contributed by atoms with E-state index in [9.17, 15) is 0 Å². The topological polar surface area (TPSA) is 3.24 Å². The molecule has 12 aromatic carbocycles. The number of rotatable bonds is 10. The standard InChI is InChI=1S/C68H47N/c1-6-21-48(22-7-1)55-41-46-58(64(47-55)50-25-10-3-11-26-50)51-37-42-56(43-38-51)69(65-36-19-18-31-59(65)49-23-8-2-9-24-49)57-44-39-52(40-45-57)60-34-20-35-63-67(54-29-14-5-15-30-54)66(53-27-12-4-13-28-53)61-32-16-17-33-62(61)68(60)63/h1-47H. The third kappa shape index (κ3) is 7.86. The first kappa shape index (κ1) is 41.4. The van der Waals surface area contributed by atoms with Crippen molar-refractivity contribution >= 4 is 38.6 Å². The molecule has 0 N–H and O–H groups in total. The molecule has 0 aliphatic rings. The zero-order chi connectivity index (χ0) is 45.9. The zero-order valence-electron chi connectivity index (χ0n) is 38.1. The second kappa shape index (κ2) is 18.3. The molecular formula is C68H47N. The summed E-state index contributed by atoms with van der Waals surface area (Å²) >= 11 is 0. The summed E-state index contributed by atoms with van der Waals surface area (Å²) in [5.74, 6) is 0. The van der Waals surface area contributed by atoms with Gasteiger partial charge in [-0.3, -0.25) is 0 Å². The van der Waals surface area contributed by atoms with Gasteiger partial charge in [-0.05, 0) is 130 Å². The number of hydrogen-bond acceptors (Lipinski definition) is 1. The first-order valence-electron chi connectivity index (χ1n) is 23.8. The lowest BCUT2D eigenvalue weighted by atomic mass is 9.83. The van der Waals surface area contributed by atoms with E-state index >= 15 is 0 Å². The van der Waals surface area contributed by atoms with Crippen molar-refractivity contribution in [1.29, 1.82) is 0 Å². The van der Waals surface area contributed by atoms with E-state index in [0.29, 0.717) is 0 Å². The molecule has 1 heteroatoms. The van der Waals surface area contributed by atoms with Crippen molar-refractivity contribution in [2.45, 2.75) is 0 Å². The lowest BCUT2D eigenvalue weighted by Gasteiger charge is -2.28. The van der Waals surface area contributed by atoms with Gasteiger partial charge in [-0.25, -0.2) is 0 Å². The first-order chi connectivity index (χ1) is 34.3. The minimum atomic E-state index is 1.08. The third-order valence-corrected chi connectivity index (χ3v) is 13.5. The molecular weight excluding hydrogens is 831 g/mol. The number of anilines is 3. The summed E-state index contributed by atoms with van der Waals surface area (Å²) in [4.78, 5) is 2.41. The van der Waals surface area contributed by atoms with E-state index in [1.807, 2.05) is 0 Å². The Balaban J connectivity index is 1.00. The highest BCUT2D eigenvalue weighted by molar-refractivity contribution is 6.25. The van der Waals surface area contributed by atoms with Crippen LogP contribution in [0.2, 0.25) is 0 Å². The van der Waals surface area contributed by atoms with Crippen molar-refractivity contribution in [1.82, 2.24) is 0 Å². The second-order valence-corrected chi connectivity index (χ2v) is 17.6. The van der Waals surface area contributed by atoms with Gasteiger partial charge in [0, 0.05) is 16.9 Å². The van der Waals surface area contributed by atoms with Crippen LogP contribution >= 0.6 is 0 Å². The normalized spacial score (nSPS) is 11.2. The van der Waals surface area contributed by atoms with E-state index in [1.165, 1.54) is 88.3 Å². The molecule has 0 spiro atoms. The van der Waals surface area contributed by atoms with Gasteiger partial charge >= 0.3 is 0 Å². The van der Waals surface area contributed by atoms with Crippen molar-refractivity contribution in [3.63, 3.8) is 0 Å². The highest BCUT2D eigenvalue weighted by Gasteiger charge is 2.22. The third-order valence-electron chi connectivity index (χ3n) is 13.5. The summed E-state index contributed by atoms with van der Waals surface area (Å²) in [6, 6.07) is 104. The van der Waals surface area contributed by atoms with E-state index in [1.54, 1.807) is 0 Å². The van der Waals surface area contributed by atoms with E-state index in [-0.39, 0.29) is 0 Å². The maximum Gasteiger partial charge on any atom is 0.0540 e. The second-order valence-electron chi connectivity index (χ2n) is 17.6. The quantitative estimate of drug-likeness (QED) is 0.124. The molecule has 324 valence electrons. The molecule has 0 radical (unpaired) electrons. The van der Waals surface area contributed by atoms with Crippen molar-refractivity contribution in [2.24, 2.45) is 0 Å². The number of benzene rings is 12. The van der Waals surface area contributed by atoms with Crippen LogP contribution in [0.4, 0.5) is 17.1 Å². The molecule has 12 rings (SSSR count). The molecule has 0 saturated carbocycles. The molecule has 0 bridgehead atoms. The Bertz CT molecular complexity index is 3720. The molecule has 0 fully saturated rings. The monoisotopic (exact) mass is 877 g/mol. The molecule has 0 aromatic heterocycles. The van der Waals surface area contributed by atoms with Crippen LogP contribution in [0.15, 0.2) is 285 Å². The molecule has 0 saturated heterocycles. The highest BCUT2D eigenvalue weighted by atomic mass is 15.1. The van der Waals surface area contributed by atoms with Gasteiger partial charge in [0.05, 0.1) is 5.69 Å². The predicted molar refractivity (Wildman–Crippen MR) is 294 cm³/mol. The van der Waals surface area contributed by atoms with E-state index in [2.05, 4.69) is 290 Å². The average Bonchev–Trinajstić information content (AvgIpc) is 3.44. The Hall–Kier alpha value is -9.04. The molecule has 0 aliphatic carbocycles. The van der Waals surface area contributed by atoms with E-state index in [0.717, 1.165) is 28.2 Å². The number of para-hydroxylation sites is 1. The van der Waals surface area contributed by atoms with Crippen LogP contribution in [-0.2, 0) is 0 Å². The van der Waals surface area contributed by atoms with Crippen molar-refractivity contribution < 1.29 is 0 Å². The summed E-state index contributed by atoms with van der Waals surface area (Å²) in [5.41, 5.74) is 20.1. The Kier molecular flexibility index (Phi) is 11.0. The van der Waals surface area contributed by atoms with Gasteiger partial charge in [0.2, 0.25) is 0 Å². The van der Waals surface area contributed by atoms with Crippen molar-refractivity contribution in [3.05, 3.63) is 285 Å². The fourth-order valence-electron chi connectivity index (χ4n) is 10.3. The van der Waals surface area contributed by atoms with Gasteiger partial charge in [-0.2, -0.15) is 0 Å². The van der Waals surface area contributed by atoms with Crippen LogP contribution in [0.1, 0.15) is 0 Å². The Morgan fingerprint density at radius 1 is 0.203 bits per heavy atom. The summed E-state index contributed by atoms with van der Waals surface area (Å²) in [6.07, 6.45) is 0. The highest BCUT2D eigenvalue weighted by Crippen LogP contribution is 2.48. The van der Waals surface area contributed by atoms with Gasteiger partial charge in [0.15, 0.2) is 0 Å². The van der Waals surface area contributed by atoms with E-state index in [4.69, 9.17) is 0 Å². The Morgan fingerprint density at radius 3 is 1.17 bits per heavy atom. The number of fused-ring (bicyclic) bond motifs is 3. The molecule has 0 unspecified atom stereocenters. The molecule has 1 nitrogen and oxygen atoms in total. The maximum absolute atomic E-state index is 2.41. The van der Waals surface area contributed by atoms with Gasteiger partial charge < -0.3 is 4.90 Å². The van der Waals surface area contributed by atoms with Crippen LogP contribution in [0.5, 0.6) is 0 Å². The summed E-state index contributed by atoms with van der Waals surface area (Å²) < 4.78 is 0. The summed E-state index contributed by atoms with van der Waals surface area (Å²) in [6.45, 7) is 0. The zero-order valence-corrected chi connectivity index (χ0v) is 38.1. The lowest BCUT2D eigenvalue weighted by molar-refractivity contribution is 1.28. The fraction of sp³-hybridized carbons (Fsp3) is 0. The summed E-state index contributed by atoms with van der Waals surface area (Å²) in [7, 11) is 0. The minimum absolute atomic E-state index is 1.08. The number of nitrogens with zero attached hydrogens (tertiary/aromatic N) is 1. The molecule has 0 atom stereocenters. The van der Waals surface area contributed by atoms with Crippen LogP contribution in [0.3, 0.4) is 0 Å².